The van der Waals surface area contributed by atoms with Gasteiger partial charge in [0.1, 0.15) is 17.5 Å². The molecule has 9 nitrogen and oxygen atoms in total. The molecule has 2 fully saturated rings. The lowest BCUT2D eigenvalue weighted by molar-refractivity contribution is 0.0330. The van der Waals surface area contributed by atoms with Gasteiger partial charge < -0.3 is 24.6 Å². The number of morpholine rings is 2. The van der Waals surface area contributed by atoms with Gasteiger partial charge in [-0.05, 0) is 6.92 Å². The maximum atomic E-state index is 14.9. The summed E-state index contributed by atoms with van der Waals surface area (Å²) in [5, 5.41) is 3.23. The number of benzene rings is 1. The van der Waals surface area contributed by atoms with Crippen molar-refractivity contribution in [3.8, 4) is 0 Å². The molecule has 4 heterocycles. The van der Waals surface area contributed by atoms with E-state index in [0.29, 0.717) is 70.8 Å². The highest BCUT2D eigenvalue weighted by atomic mass is 19.3. The van der Waals surface area contributed by atoms with Gasteiger partial charge in [-0.2, -0.15) is 0 Å². The molecule has 0 bridgehead atoms. The number of rotatable bonds is 6. The summed E-state index contributed by atoms with van der Waals surface area (Å²) in [6.45, 7) is 7.70. The zero-order valence-electron chi connectivity index (χ0n) is 20.8. The minimum Gasteiger partial charge on any atom is -0.379 e. The Hall–Kier alpha value is -2.96. The number of hydrogen-bond donors (Lipinski definition) is 1. The predicted octanol–water partition coefficient (Wildman–Crippen LogP) is 3.33. The molecule has 12 heteroatoms. The summed E-state index contributed by atoms with van der Waals surface area (Å²) >= 11 is 0. The Morgan fingerprint density at radius 1 is 1.00 bits per heavy atom. The minimum atomic E-state index is -2.91. The number of carbonyl (C=O) groups excluding carboxylic acids is 1. The van der Waals surface area contributed by atoms with Crippen LogP contribution in [0.4, 0.5) is 23.8 Å². The second-order valence-electron chi connectivity index (χ2n) is 9.46. The number of ether oxygens (including phenoxy) is 2. The SMILES string of the molecule is C[C@@H](Nc1nc(CN2CCOCC2)nc2c1CN(C(=O)N1CCOCC1)C2)c1cccc(C(F)F)c1F. The number of halogens is 3. The van der Waals surface area contributed by atoms with Crippen LogP contribution >= 0.6 is 0 Å². The van der Waals surface area contributed by atoms with Crippen LogP contribution < -0.4 is 5.32 Å². The molecule has 0 saturated carbocycles. The molecule has 1 N–H and O–H groups in total. The number of nitrogens with zero attached hydrogens (tertiary/aromatic N) is 5. The van der Waals surface area contributed by atoms with Crippen LogP contribution in [0.5, 0.6) is 0 Å². The number of carbonyl (C=O) groups is 1. The maximum absolute atomic E-state index is 14.9. The number of anilines is 1. The van der Waals surface area contributed by atoms with E-state index in [1.807, 2.05) is 0 Å². The lowest BCUT2D eigenvalue weighted by atomic mass is 10.0. The van der Waals surface area contributed by atoms with Crippen molar-refractivity contribution in [3.63, 3.8) is 0 Å². The smallest absolute Gasteiger partial charge is 0.320 e. The van der Waals surface area contributed by atoms with Gasteiger partial charge in [0.15, 0.2) is 0 Å². The van der Waals surface area contributed by atoms with E-state index in [2.05, 4.69) is 10.2 Å². The van der Waals surface area contributed by atoms with Gasteiger partial charge in [-0.3, -0.25) is 4.90 Å². The third-order valence-electron chi connectivity index (χ3n) is 6.96. The largest absolute Gasteiger partial charge is 0.379 e. The van der Waals surface area contributed by atoms with Crippen LogP contribution in [-0.2, 0) is 29.1 Å². The molecule has 37 heavy (non-hydrogen) atoms. The molecule has 0 spiro atoms. The van der Waals surface area contributed by atoms with Gasteiger partial charge in [0.25, 0.3) is 6.43 Å². The molecule has 2 saturated heterocycles. The molecule has 200 valence electrons. The number of nitrogens with one attached hydrogen (secondary N) is 1. The quantitative estimate of drug-likeness (QED) is 0.626. The Labute approximate surface area is 213 Å². The summed E-state index contributed by atoms with van der Waals surface area (Å²) in [6, 6.07) is 3.27. The first kappa shape index (κ1) is 25.7. The average Bonchev–Trinajstić information content (AvgIpc) is 3.34. The van der Waals surface area contributed by atoms with Gasteiger partial charge in [0.2, 0.25) is 0 Å². The van der Waals surface area contributed by atoms with E-state index >= 15 is 0 Å². The highest BCUT2D eigenvalue weighted by Gasteiger charge is 2.32. The Kier molecular flexibility index (Phi) is 7.77. The number of alkyl halides is 2. The zero-order valence-corrected chi connectivity index (χ0v) is 20.8. The number of fused-ring (bicyclic) bond motifs is 1. The fourth-order valence-electron chi connectivity index (χ4n) is 4.90. The van der Waals surface area contributed by atoms with Crippen LogP contribution in [0.3, 0.4) is 0 Å². The van der Waals surface area contributed by atoms with Gasteiger partial charge >= 0.3 is 6.03 Å². The third-order valence-corrected chi connectivity index (χ3v) is 6.96. The van der Waals surface area contributed by atoms with Crippen molar-refractivity contribution in [2.75, 3.05) is 57.9 Å². The van der Waals surface area contributed by atoms with Crippen molar-refractivity contribution in [1.82, 2.24) is 24.7 Å². The van der Waals surface area contributed by atoms with Crippen LogP contribution in [0.25, 0.3) is 0 Å². The summed E-state index contributed by atoms with van der Waals surface area (Å²) in [7, 11) is 0. The summed E-state index contributed by atoms with van der Waals surface area (Å²) in [5.41, 5.74) is 0.981. The topological polar surface area (TPSA) is 83.1 Å². The molecule has 1 atom stereocenters. The Morgan fingerprint density at radius 3 is 2.38 bits per heavy atom. The molecule has 0 unspecified atom stereocenters. The molecule has 2 aromatic rings. The Balaban J connectivity index is 1.42. The second-order valence-corrected chi connectivity index (χ2v) is 9.46. The average molecular weight is 521 g/mol. The van der Waals surface area contributed by atoms with Gasteiger partial charge in [-0.1, -0.05) is 18.2 Å². The Morgan fingerprint density at radius 2 is 1.68 bits per heavy atom. The monoisotopic (exact) mass is 520 g/mol. The minimum absolute atomic E-state index is 0.0919. The van der Waals surface area contributed by atoms with Crippen molar-refractivity contribution < 1.29 is 27.4 Å². The lowest BCUT2D eigenvalue weighted by Crippen LogP contribution is -2.46. The molecular weight excluding hydrogens is 489 g/mol. The van der Waals surface area contributed by atoms with E-state index < -0.39 is 23.8 Å². The van der Waals surface area contributed by atoms with E-state index in [1.54, 1.807) is 16.7 Å². The molecule has 3 aliphatic rings. The van der Waals surface area contributed by atoms with Gasteiger partial charge in [0.05, 0.1) is 63.4 Å². The standard InChI is InChI=1S/C25H31F3N6O3/c1-16(17-3-2-4-18(22(17)26)23(27)28)29-24-19-13-34(25(35)33-7-11-37-12-8-33)14-20(19)30-21(31-24)15-32-5-9-36-10-6-32/h2-4,16,23H,5-15H2,1H3,(H,29,30,31)/t16-/m1/s1. The van der Waals surface area contributed by atoms with Crippen LogP contribution in [0.2, 0.25) is 0 Å². The van der Waals surface area contributed by atoms with E-state index in [9.17, 15) is 18.0 Å². The second kappa shape index (κ2) is 11.2. The van der Waals surface area contributed by atoms with E-state index in [-0.39, 0.29) is 11.6 Å². The maximum Gasteiger partial charge on any atom is 0.320 e. The summed E-state index contributed by atoms with van der Waals surface area (Å²) < 4.78 is 52.2. The van der Waals surface area contributed by atoms with E-state index in [4.69, 9.17) is 19.4 Å². The van der Waals surface area contributed by atoms with Gasteiger partial charge in [-0.15, -0.1) is 0 Å². The zero-order chi connectivity index (χ0) is 25.9. The van der Waals surface area contributed by atoms with Crippen molar-refractivity contribution in [2.45, 2.75) is 39.0 Å². The fraction of sp³-hybridized carbons (Fsp3) is 0.560. The number of hydrogen-bond acceptors (Lipinski definition) is 7. The first-order valence-corrected chi connectivity index (χ1v) is 12.5. The first-order valence-electron chi connectivity index (χ1n) is 12.5. The molecule has 0 aliphatic carbocycles. The predicted molar refractivity (Wildman–Crippen MR) is 129 cm³/mol. The van der Waals surface area contributed by atoms with Crippen LogP contribution in [0, 0.1) is 5.82 Å². The number of urea groups is 1. The van der Waals surface area contributed by atoms with Crippen LogP contribution in [-0.4, -0.2) is 83.3 Å². The molecule has 3 aliphatic heterocycles. The van der Waals surface area contributed by atoms with Crippen molar-refractivity contribution in [2.24, 2.45) is 0 Å². The Bertz CT molecular complexity index is 1130. The molecule has 1 aromatic carbocycles. The summed E-state index contributed by atoms with van der Waals surface area (Å²) in [5.74, 6) is 0.138. The van der Waals surface area contributed by atoms with Gasteiger partial charge in [-0.25, -0.2) is 27.9 Å². The van der Waals surface area contributed by atoms with Crippen molar-refractivity contribution in [1.29, 1.82) is 0 Å². The normalized spacial score (nSPS) is 19.3. The molecule has 1 aromatic heterocycles. The van der Waals surface area contributed by atoms with Crippen LogP contribution in [0.1, 0.15) is 47.6 Å². The fourth-order valence-corrected chi connectivity index (χ4v) is 4.90. The highest BCUT2D eigenvalue weighted by molar-refractivity contribution is 5.76. The lowest BCUT2D eigenvalue weighted by Gasteiger charge is -2.30. The highest BCUT2D eigenvalue weighted by Crippen LogP contribution is 2.33. The molecule has 0 radical (unpaired) electrons. The third kappa shape index (κ3) is 5.65. The summed E-state index contributed by atoms with van der Waals surface area (Å²) in [4.78, 5) is 28.4. The van der Waals surface area contributed by atoms with E-state index in [0.717, 1.165) is 30.4 Å². The van der Waals surface area contributed by atoms with Crippen LogP contribution in [0.15, 0.2) is 18.2 Å². The first-order chi connectivity index (χ1) is 17.9. The molecule has 5 rings (SSSR count). The molecule has 2 amide bonds. The van der Waals surface area contributed by atoms with Gasteiger partial charge in [0, 0.05) is 37.3 Å². The number of aromatic nitrogens is 2. The molecular formula is C25H31F3N6O3. The summed E-state index contributed by atoms with van der Waals surface area (Å²) in [6.07, 6.45) is -2.91. The number of amides is 2. The van der Waals surface area contributed by atoms with Crippen molar-refractivity contribution in [3.05, 3.63) is 52.2 Å². The van der Waals surface area contributed by atoms with E-state index in [1.165, 1.54) is 12.1 Å². The van der Waals surface area contributed by atoms with Crippen molar-refractivity contribution >= 4 is 11.8 Å².